The molecule has 0 aliphatic rings. The number of nitrogens with zero attached hydrogens (tertiary/aromatic N) is 4. The number of nitrogens with one attached hydrogen (secondary N) is 2. The lowest BCUT2D eigenvalue weighted by molar-refractivity contribution is -0.114. The molecule has 12 heteroatoms. The van der Waals surface area contributed by atoms with Gasteiger partial charge in [0.15, 0.2) is 0 Å². The smallest absolute Gasteiger partial charge is 0.296 e. The van der Waals surface area contributed by atoms with E-state index in [1.54, 1.807) is 42.9 Å². The first-order valence-corrected chi connectivity index (χ1v) is 9.98. The van der Waals surface area contributed by atoms with Crippen LogP contribution in [0.1, 0.15) is 12.6 Å². The van der Waals surface area contributed by atoms with Gasteiger partial charge in [-0.25, -0.2) is 4.68 Å². The summed E-state index contributed by atoms with van der Waals surface area (Å²) in [7, 11) is -2.49. The van der Waals surface area contributed by atoms with Crippen LogP contribution >= 0.6 is 11.3 Å². The predicted octanol–water partition coefficient (Wildman–Crippen LogP) is 1.10. The molecule has 2 aromatic heterocycles. The van der Waals surface area contributed by atoms with Gasteiger partial charge in [0.2, 0.25) is 11.0 Å². The maximum absolute atomic E-state index is 12.8. The number of hydrogen-bond donors (Lipinski definition) is 2. The van der Waals surface area contributed by atoms with Crippen molar-refractivity contribution in [3.05, 3.63) is 46.4 Å². The SMILES string of the molecule is CC(=O)Nc1nnc(S(=O)(=O)Nc2c(C)n(C)n(-c3ccccc3)c2=O)s1. The van der Waals surface area contributed by atoms with E-state index < -0.39 is 21.5 Å². The van der Waals surface area contributed by atoms with Crippen molar-refractivity contribution in [2.45, 2.75) is 18.2 Å². The van der Waals surface area contributed by atoms with Crippen LogP contribution in [0.5, 0.6) is 0 Å². The molecule has 2 heterocycles. The van der Waals surface area contributed by atoms with Crippen molar-refractivity contribution in [1.29, 1.82) is 0 Å². The summed E-state index contributed by atoms with van der Waals surface area (Å²) in [6.07, 6.45) is 0. The zero-order chi connectivity index (χ0) is 19.8. The van der Waals surface area contributed by atoms with Crippen LogP contribution in [0.25, 0.3) is 5.69 Å². The van der Waals surface area contributed by atoms with Crippen LogP contribution in [0.4, 0.5) is 10.8 Å². The average Bonchev–Trinajstić information content (AvgIpc) is 3.15. The molecule has 0 saturated carbocycles. The Morgan fingerprint density at radius 3 is 2.48 bits per heavy atom. The highest BCUT2D eigenvalue weighted by Gasteiger charge is 2.25. The van der Waals surface area contributed by atoms with Crippen LogP contribution in [0.3, 0.4) is 0 Å². The lowest BCUT2D eigenvalue weighted by atomic mass is 10.3. The molecule has 142 valence electrons. The molecule has 0 unspecified atom stereocenters. The first kappa shape index (κ1) is 18.8. The molecule has 3 aromatic rings. The van der Waals surface area contributed by atoms with Gasteiger partial charge >= 0.3 is 0 Å². The third-order valence-corrected chi connectivity index (χ3v) is 6.27. The fourth-order valence-corrected chi connectivity index (χ4v) is 4.45. The zero-order valence-corrected chi connectivity index (χ0v) is 16.3. The number of hydrogen-bond acceptors (Lipinski definition) is 7. The number of para-hydroxylation sites is 1. The number of amides is 1. The van der Waals surface area contributed by atoms with E-state index in [4.69, 9.17) is 0 Å². The summed E-state index contributed by atoms with van der Waals surface area (Å²) >= 11 is 0.686. The number of carbonyl (C=O) groups excluding carboxylic acids is 1. The molecule has 0 bridgehead atoms. The number of rotatable bonds is 5. The third-order valence-electron chi connectivity index (χ3n) is 3.71. The molecular weight excluding hydrogens is 392 g/mol. The second-order valence-electron chi connectivity index (χ2n) is 5.60. The second kappa shape index (κ2) is 6.96. The van der Waals surface area contributed by atoms with Gasteiger partial charge in [-0.05, 0) is 19.1 Å². The Bertz CT molecular complexity index is 1160. The van der Waals surface area contributed by atoms with E-state index in [1.165, 1.54) is 11.6 Å². The van der Waals surface area contributed by atoms with E-state index in [0.29, 0.717) is 22.7 Å². The van der Waals surface area contributed by atoms with Crippen LogP contribution in [0.15, 0.2) is 39.5 Å². The topological polar surface area (TPSA) is 128 Å². The fourth-order valence-electron chi connectivity index (χ4n) is 2.38. The van der Waals surface area contributed by atoms with Crippen LogP contribution in [-0.4, -0.2) is 33.9 Å². The standard InChI is InChI=1S/C15H16N6O4S2/c1-9-12(13(23)21(20(9)3)11-7-5-4-6-8-11)19-27(24,25)15-18-17-14(26-15)16-10(2)22/h4-8,19H,1-3H3,(H,16,17,22). The molecule has 10 nitrogen and oxygen atoms in total. The van der Waals surface area contributed by atoms with E-state index in [-0.39, 0.29) is 15.2 Å². The molecule has 0 aliphatic carbocycles. The lowest BCUT2D eigenvalue weighted by Crippen LogP contribution is -2.23. The maximum Gasteiger partial charge on any atom is 0.296 e. The number of aromatic nitrogens is 4. The number of benzene rings is 1. The third kappa shape index (κ3) is 3.61. The highest BCUT2D eigenvalue weighted by atomic mass is 32.2. The van der Waals surface area contributed by atoms with Crippen molar-refractivity contribution in [2.75, 3.05) is 10.0 Å². The van der Waals surface area contributed by atoms with Gasteiger partial charge in [0.1, 0.15) is 5.69 Å². The van der Waals surface area contributed by atoms with E-state index in [2.05, 4.69) is 20.2 Å². The summed E-state index contributed by atoms with van der Waals surface area (Å²) < 4.78 is 30.0. The molecule has 1 amide bonds. The Hall–Kier alpha value is -2.99. The number of anilines is 2. The normalized spacial score (nSPS) is 11.4. The molecule has 0 spiro atoms. The Labute approximate surface area is 158 Å². The summed E-state index contributed by atoms with van der Waals surface area (Å²) in [6, 6.07) is 8.85. The summed E-state index contributed by atoms with van der Waals surface area (Å²) in [5.41, 5.74) is 0.426. The highest BCUT2D eigenvalue weighted by molar-refractivity contribution is 7.94. The average molecular weight is 408 g/mol. The monoisotopic (exact) mass is 408 g/mol. The van der Waals surface area contributed by atoms with Crippen LogP contribution in [0.2, 0.25) is 0 Å². The van der Waals surface area contributed by atoms with Gasteiger partial charge in [-0.2, -0.15) is 8.42 Å². The molecule has 0 radical (unpaired) electrons. The Morgan fingerprint density at radius 1 is 1.19 bits per heavy atom. The number of sulfonamides is 1. The van der Waals surface area contributed by atoms with Crippen molar-refractivity contribution in [3.8, 4) is 5.69 Å². The lowest BCUT2D eigenvalue weighted by Gasteiger charge is -2.07. The predicted molar refractivity (Wildman–Crippen MR) is 101 cm³/mol. The molecule has 27 heavy (non-hydrogen) atoms. The number of carbonyl (C=O) groups is 1. The van der Waals surface area contributed by atoms with Gasteiger partial charge in [0.05, 0.1) is 11.4 Å². The van der Waals surface area contributed by atoms with Crippen LogP contribution in [-0.2, 0) is 21.9 Å². The highest BCUT2D eigenvalue weighted by Crippen LogP contribution is 2.23. The van der Waals surface area contributed by atoms with Gasteiger partial charge in [0, 0.05) is 14.0 Å². The van der Waals surface area contributed by atoms with E-state index in [1.807, 2.05) is 6.07 Å². The van der Waals surface area contributed by atoms with Crippen molar-refractivity contribution in [3.63, 3.8) is 0 Å². The summed E-state index contributed by atoms with van der Waals surface area (Å²) in [6.45, 7) is 2.90. The zero-order valence-electron chi connectivity index (χ0n) is 14.6. The van der Waals surface area contributed by atoms with Gasteiger partial charge in [-0.1, -0.05) is 29.5 Å². The Morgan fingerprint density at radius 2 is 1.85 bits per heavy atom. The van der Waals surface area contributed by atoms with E-state index >= 15 is 0 Å². The molecule has 1 aromatic carbocycles. The summed E-state index contributed by atoms with van der Waals surface area (Å²) in [4.78, 5) is 23.8. The van der Waals surface area contributed by atoms with Gasteiger partial charge < -0.3 is 5.32 Å². The molecule has 0 fully saturated rings. The largest absolute Gasteiger partial charge is 0.301 e. The van der Waals surface area contributed by atoms with Crippen molar-refractivity contribution in [1.82, 2.24) is 19.6 Å². The molecule has 0 atom stereocenters. The minimum atomic E-state index is -4.14. The van der Waals surface area contributed by atoms with Crippen LogP contribution < -0.4 is 15.6 Å². The molecule has 0 aliphatic heterocycles. The van der Waals surface area contributed by atoms with Gasteiger partial charge in [0.25, 0.3) is 19.9 Å². The first-order valence-electron chi connectivity index (χ1n) is 7.68. The molecule has 0 saturated heterocycles. The van der Waals surface area contributed by atoms with Crippen molar-refractivity contribution < 1.29 is 13.2 Å². The van der Waals surface area contributed by atoms with E-state index in [9.17, 15) is 18.0 Å². The Kier molecular flexibility index (Phi) is 4.85. The minimum absolute atomic E-state index is 0.0503. The van der Waals surface area contributed by atoms with Crippen molar-refractivity contribution >= 4 is 38.1 Å². The quantitative estimate of drug-likeness (QED) is 0.608. The van der Waals surface area contributed by atoms with E-state index in [0.717, 1.165) is 0 Å². The van der Waals surface area contributed by atoms with Crippen LogP contribution in [0, 0.1) is 6.92 Å². The Balaban J connectivity index is 1.99. The summed E-state index contributed by atoms with van der Waals surface area (Å²) in [5, 5.41) is 9.59. The molecule has 3 rings (SSSR count). The first-order chi connectivity index (χ1) is 12.7. The molecular formula is C15H16N6O4S2. The second-order valence-corrected chi connectivity index (χ2v) is 8.43. The minimum Gasteiger partial charge on any atom is -0.301 e. The summed E-state index contributed by atoms with van der Waals surface area (Å²) in [5.74, 6) is -0.396. The maximum atomic E-state index is 12.8. The fraction of sp³-hybridized carbons (Fsp3) is 0.200. The van der Waals surface area contributed by atoms with Crippen molar-refractivity contribution in [2.24, 2.45) is 7.05 Å². The molecule has 2 N–H and O–H groups in total. The van der Waals surface area contributed by atoms with Gasteiger partial charge in [-0.15, -0.1) is 10.2 Å². The van der Waals surface area contributed by atoms with Gasteiger partial charge in [-0.3, -0.25) is 19.0 Å².